The van der Waals surface area contributed by atoms with Crippen LogP contribution in [0.1, 0.15) is 19.8 Å². The van der Waals surface area contributed by atoms with Crippen molar-refractivity contribution in [1.29, 1.82) is 0 Å². The summed E-state index contributed by atoms with van der Waals surface area (Å²) in [6.45, 7) is 2.45. The number of aliphatic hydroxyl groups excluding tert-OH is 1. The summed E-state index contributed by atoms with van der Waals surface area (Å²) in [5.74, 6) is 0.0362. The number of carbonyl (C=O) groups is 1. The number of hydrogen-bond acceptors (Lipinski definition) is 2. The van der Waals surface area contributed by atoms with E-state index in [9.17, 15) is 9.90 Å². The fourth-order valence-electron chi connectivity index (χ4n) is 1.17. The quantitative estimate of drug-likeness (QED) is 0.497. The zero-order valence-electron chi connectivity index (χ0n) is 6.13. The number of aliphatic hydroxyl groups is 1. The van der Waals surface area contributed by atoms with Gasteiger partial charge >= 0.3 is 0 Å². The van der Waals surface area contributed by atoms with Crippen molar-refractivity contribution in [3.63, 3.8) is 0 Å². The molecule has 10 heavy (non-hydrogen) atoms. The molecule has 2 unspecified atom stereocenters. The zero-order chi connectivity index (χ0) is 7.56. The summed E-state index contributed by atoms with van der Waals surface area (Å²) in [7, 11) is 0. The van der Waals surface area contributed by atoms with Crippen LogP contribution in [-0.4, -0.2) is 23.7 Å². The van der Waals surface area contributed by atoms with Crippen LogP contribution in [0.2, 0.25) is 0 Å². The lowest BCUT2D eigenvalue weighted by molar-refractivity contribution is -0.124. The van der Waals surface area contributed by atoms with Crippen molar-refractivity contribution in [2.75, 3.05) is 6.54 Å². The first kappa shape index (κ1) is 7.54. The van der Waals surface area contributed by atoms with Crippen molar-refractivity contribution >= 4 is 5.91 Å². The normalized spacial score (nSPS) is 34.8. The lowest BCUT2D eigenvalue weighted by Crippen LogP contribution is -2.26. The Bertz CT molecular complexity index is 136. The van der Waals surface area contributed by atoms with E-state index in [0.29, 0.717) is 19.4 Å². The van der Waals surface area contributed by atoms with Gasteiger partial charge in [0.25, 0.3) is 0 Å². The minimum absolute atomic E-state index is 0.0301. The lowest BCUT2D eigenvalue weighted by atomic mass is 10.0. The second-order valence-electron chi connectivity index (χ2n) is 2.87. The molecule has 58 valence electrons. The summed E-state index contributed by atoms with van der Waals surface area (Å²) in [6, 6.07) is 0. The van der Waals surface area contributed by atoms with Crippen molar-refractivity contribution in [3.05, 3.63) is 0 Å². The molecule has 1 rings (SSSR count). The van der Waals surface area contributed by atoms with Gasteiger partial charge in [-0.25, -0.2) is 0 Å². The Balaban J connectivity index is 2.49. The van der Waals surface area contributed by atoms with E-state index in [-0.39, 0.29) is 17.9 Å². The Morgan fingerprint density at radius 2 is 2.40 bits per heavy atom. The summed E-state index contributed by atoms with van der Waals surface area (Å²) in [4.78, 5) is 10.9. The van der Waals surface area contributed by atoms with Gasteiger partial charge in [-0.1, -0.05) is 6.92 Å². The number of nitrogens with one attached hydrogen (secondary N) is 1. The first-order chi connectivity index (χ1) is 4.70. The molecule has 1 fully saturated rings. The molecule has 0 aliphatic carbocycles. The molecular formula is C7H13NO2. The maximum Gasteiger partial charge on any atom is 0.222 e. The van der Waals surface area contributed by atoms with Crippen LogP contribution >= 0.6 is 0 Å². The maximum absolute atomic E-state index is 10.9. The van der Waals surface area contributed by atoms with Crippen LogP contribution in [0.4, 0.5) is 0 Å². The van der Waals surface area contributed by atoms with Crippen molar-refractivity contribution in [2.24, 2.45) is 5.92 Å². The molecule has 0 radical (unpaired) electrons. The highest BCUT2D eigenvalue weighted by Gasteiger charge is 2.20. The van der Waals surface area contributed by atoms with Gasteiger partial charge in [-0.3, -0.25) is 4.79 Å². The molecule has 3 nitrogen and oxygen atoms in total. The van der Waals surface area contributed by atoms with Crippen molar-refractivity contribution in [2.45, 2.75) is 25.9 Å². The van der Waals surface area contributed by atoms with Gasteiger partial charge < -0.3 is 10.4 Å². The highest BCUT2D eigenvalue weighted by atomic mass is 16.3. The van der Waals surface area contributed by atoms with E-state index >= 15 is 0 Å². The predicted octanol–water partition coefficient (Wildman–Crippen LogP) is -0.107. The molecule has 0 bridgehead atoms. The van der Waals surface area contributed by atoms with E-state index in [4.69, 9.17) is 0 Å². The summed E-state index contributed by atoms with van der Waals surface area (Å²) >= 11 is 0. The highest BCUT2D eigenvalue weighted by molar-refractivity contribution is 5.78. The SMILES string of the molecule is CC1CC(O)CCNC1=O. The Kier molecular flexibility index (Phi) is 2.27. The van der Waals surface area contributed by atoms with Crippen LogP contribution in [0, 0.1) is 5.92 Å². The molecule has 0 spiro atoms. The van der Waals surface area contributed by atoms with E-state index in [1.807, 2.05) is 6.92 Å². The smallest absolute Gasteiger partial charge is 0.222 e. The van der Waals surface area contributed by atoms with Crippen LogP contribution in [-0.2, 0) is 4.79 Å². The number of rotatable bonds is 0. The molecule has 2 N–H and O–H groups in total. The summed E-state index contributed by atoms with van der Waals surface area (Å²) < 4.78 is 0. The van der Waals surface area contributed by atoms with Crippen LogP contribution < -0.4 is 5.32 Å². The predicted molar refractivity (Wildman–Crippen MR) is 37.4 cm³/mol. The van der Waals surface area contributed by atoms with Crippen molar-refractivity contribution in [3.8, 4) is 0 Å². The minimum atomic E-state index is -0.297. The fraction of sp³-hybridized carbons (Fsp3) is 0.857. The molecule has 0 aromatic rings. The average molecular weight is 143 g/mol. The van der Waals surface area contributed by atoms with Gasteiger partial charge in [0.1, 0.15) is 0 Å². The number of amides is 1. The van der Waals surface area contributed by atoms with Crippen LogP contribution in [0.15, 0.2) is 0 Å². The van der Waals surface area contributed by atoms with E-state index in [2.05, 4.69) is 5.32 Å². The molecule has 0 saturated carbocycles. The van der Waals surface area contributed by atoms with Gasteiger partial charge in [-0.05, 0) is 12.8 Å². The zero-order valence-corrected chi connectivity index (χ0v) is 6.13. The molecule has 1 aliphatic rings. The standard InChI is InChI=1S/C7H13NO2/c1-5-4-6(9)2-3-8-7(5)10/h5-6,9H,2-4H2,1H3,(H,8,10). The summed E-state index contributed by atoms with van der Waals surface area (Å²) in [5, 5.41) is 11.9. The average Bonchev–Trinajstić information content (AvgIpc) is 1.96. The van der Waals surface area contributed by atoms with Crippen molar-refractivity contribution < 1.29 is 9.90 Å². The largest absolute Gasteiger partial charge is 0.393 e. The van der Waals surface area contributed by atoms with E-state index in [1.54, 1.807) is 0 Å². The molecule has 3 heteroatoms. The van der Waals surface area contributed by atoms with Crippen LogP contribution in [0.3, 0.4) is 0 Å². The topological polar surface area (TPSA) is 49.3 Å². The summed E-state index contributed by atoms with van der Waals surface area (Å²) in [6.07, 6.45) is 0.996. The Morgan fingerprint density at radius 3 is 3.10 bits per heavy atom. The van der Waals surface area contributed by atoms with Crippen LogP contribution in [0.25, 0.3) is 0 Å². The molecule has 1 amide bonds. The van der Waals surface area contributed by atoms with Crippen molar-refractivity contribution in [1.82, 2.24) is 5.32 Å². The summed E-state index contributed by atoms with van der Waals surface area (Å²) in [5.41, 5.74) is 0. The Hall–Kier alpha value is -0.570. The van der Waals surface area contributed by atoms with Gasteiger partial charge in [-0.2, -0.15) is 0 Å². The number of hydrogen-bond donors (Lipinski definition) is 2. The molecule has 0 aromatic carbocycles. The lowest BCUT2D eigenvalue weighted by Gasteiger charge is -2.07. The van der Waals surface area contributed by atoms with Gasteiger partial charge in [0.2, 0.25) is 5.91 Å². The number of carbonyl (C=O) groups excluding carboxylic acids is 1. The highest BCUT2D eigenvalue weighted by Crippen LogP contribution is 2.11. The molecule has 1 aliphatic heterocycles. The third-order valence-corrected chi connectivity index (χ3v) is 1.85. The van der Waals surface area contributed by atoms with Gasteiger partial charge in [0.05, 0.1) is 6.10 Å². The maximum atomic E-state index is 10.9. The molecule has 1 heterocycles. The third kappa shape index (κ3) is 1.70. The molecule has 1 saturated heterocycles. The molecular weight excluding hydrogens is 130 g/mol. The van der Waals surface area contributed by atoms with Gasteiger partial charge in [-0.15, -0.1) is 0 Å². The van der Waals surface area contributed by atoms with Gasteiger partial charge in [0.15, 0.2) is 0 Å². The van der Waals surface area contributed by atoms with Gasteiger partial charge in [0, 0.05) is 12.5 Å². The monoisotopic (exact) mass is 143 g/mol. The van der Waals surface area contributed by atoms with E-state index < -0.39 is 0 Å². The first-order valence-electron chi connectivity index (χ1n) is 3.66. The Morgan fingerprint density at radius 1 is 1.70 bits per heavy atom. The first-order valence-corrected chi connectivity index (χ1v) is 3.66. The fourth-order valence-corrected chi connectivity index (χ4v) is 1.17. The second-order valence-corrected chi connectivity index (χ2v) is 2.87. The molecule has 0 aromatic heterocycles. The van der Waals surface area contributed by atoms with E-state index in [1.165, 1.54) is 0 Å². The molecule has 2 atom stereocenters. The Labute approximate surface area is 60.4 Å². The minimum Gasteiger partial charge on any atom is -0.393 e. The van der Waals surface area contributed by atoms with E-state index in [0.717, 1.165) is 0 Å². The second kappa shape index (κ2) is 3.01. The van der Waals surface area contributed by atoms with Crippen LogP contribution in [0.5, 0.6) is 0 Å². The third-order valence-electron chi connectivity index (χ3n) is 1.85.